The lowest BCUT2D eigenvalue weighted by atomic mass is 10.2. The molecule has 0 aliphatic heterocycles. The van der Waals surface area contributed by atoms with Crippen molar-refractivity contribution in [3.8, 4) is 0 Å². The molecule has 2 rings (SSSR count). The van der Waals surface area contributed by atoms with E-state index in [-0.39, 0.29) is 0 Å². The molecule has 0 amide bonds. The van der Waals surface area contributed by atoms with Crippen molar-refractivity contribution in [3.63, 3.8) is 0 Å². The van der Waals surface area contributed by atoms with Gasteiger partial charge >= 0.3 is 0 Å². The average molecular weight is 219 g/mol. The van der Waals surface area contributed by atoms with Gasteiger partial charge in [-0.3, -0.25) is 4.79 Å². The fourth-order valence-corrected chi connectivity index (χ4v) is 1.82. The standard InChI is InChI=1S/C12H17N3O/c1-3-15(4-2)12-7-10(9-5-6-9)13-11(8-16)14-12/h7-9H,3-6H2,1-2H3. The number of hydrogen-bond donors (Lipinski definition) is 0. The fourth-order valence-electron chi connectivity index (χ4n) is 1.82. The molecule has 86 valence electrons. The van der Waals surface area contributed by atoms with Gasteiger partial charge in [-0.2, -0.15) is 0 Å². The van der Waals surface area contributed by atoms with Gasteiger partial charge in [-0.15, -0.1) is 0 Å². The highest BCUT2D eigenvalue weighted by Crippen LogP contribution is 2.39. The molecule has 1 aliphatic rings. The Balaban J connectivity index is 2.35. The summed E-state index contributed by atoms with van der Waals surface area (Å²) < 4.78 is 0. The van der Waals surface area contributed by atoms with Crippen LogP contribution in [0.1, 0.15) is 48.9 Å². The molecule has 0 saturated heterocycles. The topological polar surface area (TPSA) is 46.1 Å². The van der Waals surface area contributed by atoms with Crippen molar-refractivity contribution in [1.29, 1.82) is 0 Å². The summed E-state index contributed by atoms with van der Waals surface area (Å²) in [6.07, 6.45) is 3.11. The van der Waals surface area contributed by atoms with Gasteiger partial charge < -0.3 is 4.90 Å². The minimum atomic E-state index is 0.311. The summed E-state index contributed by atoms with van der Waals surface area (Å²) in [5, 5.41) is 0. The monoisotopic (exact) mass is 219 g/mol. The lowest BCUT2D eigenvalue weighted by Crippen LogP contribution is -2.23. The molecule has 1 heterocycles. The van der Waals surface area contributed by atoms with Gasteiger partial charge in [0.15, 0.2) is 12.1 Å². The molecule has 0 unspecified atom stereocenters. The van der Waals surface area contributed by atoms with Crippen molar-refractivity contribution in [2.75, 3.05) is 18.0 Å². The second-order valence-electron chi connectivity index (χ2n) is 4.07. The summed E-state index contributed by atoms with van der Waals surface area (Å²) in [6, 6.07) is 2.03. The van der Waals surface area contributed by atoms with E-state index in [1.54, 1.807) is 0 Å². The van der Waals surface area contributed by atoms with Gasteiger partial charge in [-0.05, 0) is 26.7 Å². The van der Waals surface area contributed by atoms with E-state index in [4.69, 9.17) is 0 Å². The molecule has 4 nitrogen and oxygen atoms in total. The lowest BCUT2D eigenvalue weighted by Gasteiger charge is -2.20. The van der Waals surface area contributed by atoms with E-state index in [2.05, 4.69) is 28.7 Å². The number of carbonyl (C=O) groups is 1. The summed E-state index contributed by atoms with van der Waals surface area (Å²) >= 11 is 0. The molecule has 0 aromatic carbocycles. The van der Waals surface area contributed by atoms with Crippen LogP contribution in [0.15, 0.2) is 6.07 Å². The number of anilines is 1. The molecular weight excluding hydrogens is 202 g/mol. The second kappa shape index (κ2) is 4.60. The van der Waals surface area contributed by atoms with Crippen LogP contribution in [-0.2, 0) is 0 Å². The first kappa shape index (κ1) is 11.0. The molecule has 1 aromatic rings. The van der Waals surface area contributed by atoms with Gasteiger partial charge in [0.1, 0.15) is 5.82 Å². The van der Waals surface area contributed by atoms with Crippen LogP contribution in [0.5, 0.6) is 0 Å². The Hall–Kier alpha value is -1.45. The zero-order chi connectivity index (χ0) is 11.5. The van der Waals surface area contributed by atoms with Crippen molar-refractivity contribution in [3.05, 3.63) is 17.6 Å². The Labute approximate surface area is 95.7 Å². The number of carbonyl (C=O) groups excluding carboxylic acids is 1. The van der Waals surface area contributed by atoms with Crippen molar-refractivity contribution in [2.24, 2.45) is 0 Å². The Bertz CT molecular complexity index is 384. The third-order valence-electron chi connectivity index (χ3n) is 2.94. The maximum absolute atomic E-state index is 10.8. The number of aromatic nitrogens is 2. The largest absolute Gasteiger partial charge is 0.357 e. The van der Waals surface area contributed by atoms with Crippen molar-refractivity contribution >= 4 is 12.1 Å². The van der Waals surface area contributed by atoms with Crippen LogP contribution < -0.4 is 4.90 Å². The predicted octanol–water partition coefficient (Wildman–Crippen LogP) is 2.01. The first-order valence-electron chi connectivity index (χ1n) is 5.87. The van der Waals surface area contributed by atoms with E-state index < -0.39 is 0 Å². The third kappa shape index (κ3) is 2.21. The van der Waals surface area contributed by atoms with Crippen molar-refractivity contribution in [1.82, 2.24) is 9.97 Å². The Morgan fingerprint density at radius 2 is 2.06 bits per heavy atom. The maximum atomic E-state index is 10.8. The van der Waals surface area contributed by atoms with Crippen LogP contribution in [-0.4, -0.2) is 29.3 Å². The van der Waals surface area contributed by atoms with Crippen LogP contribution in [0.3, 0.4) is 0 Å². The molecule has 16 heavy (non-hydrogen) atoms. The molecule has 0 atom stereocenters. The lowest BCUT2D eigenvalue weighted by molar-refractivity contribution is 0.111. The van der Waals surface area contributed by atoms with E-state index >= 15 is 0 Å². The molecule has 1 aliphatic carbocycles. The molecule has 1 aromatic heterocycles. The van der Waals surface area contributed by atoms with Crippen LogP contribution >= 0.6 is 0 Å². The van der Waals surface area contributed by atoms with E-state index in [0.717, 1.165) is 30.9 Å². The summed E-state index contributed by atoms with van der Waals surface area (Å²) in [5.41, 5.74) is 1.03. The van der Waals surface area contributed by atoms with Gasteiger partial charge in [-0.1, -0.05) is 0 Å². The van der Waals surface area contributed by atoms with E-state index in [9.17, 15) is 4.79 Å². The quantitative estimate of drug-likeness (QED) is 0.711. The summed E-state index contributed by atoms with van der Waals surface area (Å²) in [4.78, 5) is 21.5. The summed E-state index contributed by atoms with van der Waals surface area (Å²) in [5.74, 6) is 1.74. The second-order valence-corrected chi connectivity index (χ2v) is 4.07. The molecule has 0 spiro atoms. The van der Waals surface area contributed by atoms with Gasteiger partial charge in [0.2, 0.25) is 0 Å². The van der Waals surface area contributed by atoms with Crippen molar-refractivity contribution in [2.45, 2.75) is 32.6 Å². The van der Waals surface area contributed by atoms with E-state index in [1.165, 1.54) is 12.8 Å². The zero-order valence-electron chi connectivity index (χ0n) is 9.81. The highest BCUT2D eigenvalue weighted by atomic mass is 16.1. The first-order chi connectivity index (χ1) is 7.78. The number of hydrogen-bond acceptors (Lipinski definition) is 4. The van der Waals surface area contributed by atoms with Gasteiger partial charge in [-0.25, -0.2) is 9.97 Å². The highest BCUT2D eigenvalue weighted by Gasteiger charge is 2.26. The van der Waals surface area contributed by atoms with Crippen LogP contribution in [0.4, 0.5) is 5.82 Å². The predicted molar refractivity (Wildman–Crippen MR) is 63.0 cm³/mol. The van der Waals surface area contributed by atoms with Crippen LogP contribution in [0, 0.1) is 0 Å². The normalized spacial score (nSPS) is 14.9. The maximum Gasteiger partial charge on any atom is 0.194 e. The zero-order valence-corrected chi connectivity index (χ0v) is 9.81. The Morgan fingerprint density at radius 1 is 1.38 bits per heavy atom. The Kier molecular flexibility index (Phi) is 3.17. The molecule has 1 saturated carbocycles. The average Bonchev–Trinajstić information content (AvgIpc) is 3.14. The summed E-state index contributed by atoms with van der Waals surface area (Å²) in [6.45, 7) is 5.97. The minimum absolute atomic E-state index is 0.311. The molecule has 0 bridgehead atoms. The Morgan fingerprint density at radius 3 is 2.56 bits per heavy atom. The van der Waals surface area contributed by atoms with Gasteiger partial charge in [0, 0.05) is 30.8 Å². The number of rotatable bonds is 5. The van der Waals surface area contributed by atoms with Gasteiger partial charge in [0.25, 0.3) is 0 Å². The van der Waals surface area contributed by atoms with Crippen LogP contribution in [0.25, 0.3) is 0 Å². The fraction of sp³-hybridized carbons (Fsp3) is 0.583. The SMILES string of the molecule is CCN(CC)c1cc(C2CC2)nc(C=O)n1. The van der Waals surface area contributed by atoms with E-state index in [0.29, 0.717) is 11.7 Å². The van der Waals surface area contributed by atoms with Gasteiger partial charge in [0.05, 0.1) is 0 Å². The molecule has 4 heteroatoms. The molecule has 1 fully saturated rings. The summed E-state index contributed by atoms with van der Waals surface area (Å²) in [7, 11) is 0. The smallest absolute Gasteiger partial charge is 0.194 e. The highest BCUT2D eigenvalue weighted by molar-refractivity contribution is 5.70. The minimum Gasteiger partial charge on any atom is -0.357 e. The number of nitrogens with zero attached hydrogens (tertiary/aromatic N) is 3. The van der Waals surface area contributed by atoms with E-state index in [1.807, 2.05) is 6.07 Å². The van der Waals surface area contributed by atoms with Crippen LogP contribution in [0.2, 0.25) is 0 Å². The first-order valence-corrected chi connectivity index (χ1v) is 5.87. The number of aldehydes is 1. The molecule has 0 radical (unpaired) electrons. The third-order valence-corrected chi connectivity index (χ3v) is 2.94. The van der Waals surface area contributed by atoms with Crippen molar-refractivity contribution < 1.29 is 4.79 Å². The molecule has 0 N–H and O–H groups in total. The molecular formula is C12H17N3O.